The summed E-state index contributed by atoms with van der Waals surface area (Å²) < 4.78 is 10.8. The number of hydrogen-bond acceptors (Lipinski definition) is 3. The van der Waals surface area contributed by atoms with Gasteiger partial charge in [-0.15, -0.1) is 0 Å². The lowest BCUT2D eigenvalue weighted by molar-refractivity contribution is 0.170. The summed E-state index contributed by atoms with van der Waals surface area (Å²) in [5, 5.41) is 3.27. The van der Waals surface area contributed by atoms with Crippen molar-refractivity contribution in [3.05, 3.63) is 28.8 Å². The van der Waals surface area contributed by atoms with E-state index in [2.05, 4.69) is 31.3 Å². The van der Waals surface area contributed by atoms with Gasteiger partial charge in [0.1, 0.15) is 5.75 Å². The van der Waals surface area contributed by atoms with Gasteiger partial charge in [0.05, 0.1) is 19.3 Å². The van der Waals surface area contributed by atoms with Crippen LogP contribution < -0.4 is 10.1 Å². The summed E-state index contributed by atoms with van der Waals surface area (Å²) in [5.41, 5.74) is 3.68. The quantitative estimate of drug-likeness (QED) is 0.825. The SMILES string of the molecule is CCOc1cc(C)c(C(COC)NC)cc1C. The third kappa shape index (κ3) is 3.45. The highest BCUT2D eigenvalue weighted by Gasteiger charge is 2.13. The fraction of sp³-hybridized carbons (Fsp3) is 0.571. The largest absolute Gasteiger partial charge is 0.494 e. The van der Waals surface area contributed by atoms with Crippen LogP contribution in [0.5, 0.6) is 5.75 Å². The summed E-state index contributed by atoms with van der Waals surface area (Å²) in [6.07, 6.45) is 0. The number of rotatable bonds is 6. The Kier molecular flexibility index (Phi) is 5.45. The molecule has 0 bridgehead atoms. The Morgan fingerprint density at radius 3 is 2.47 bits per heavy atom. The third-order valence-corrected chi connectivity index (χ3v) is 2.92. The van der Waals surface area contributed by atoms with Crippen molar-refractivity contribution in [1.82, 2.24) is 5.32 Å². The fourth-order valence-electron chi connectivity index (χ4n) is 1.99. The van der Waals surface area contributed by atoms with E-state index in [4.69, 9.17) is 9.47 Å². The number of ether oxygens (including phenoxy) is 2. The Hall–Kier alpha value is -1.06. The number of methoxy groups -OCH3 is 1. The van der Waals surface area contributed by atoms with Crippen molar-refractivity contribution in [3.63, 3.8) is 0 Å². The first-order valence-corrected chi connectivity index (χ1v) is 6.04. The lowest BCUT2D eigenvalue weighted by atomic mass is 9.98. The van der Waals surface area contributed by atoms with Gasteiger partial charge in [-0.3, -0.25) is 0 Å². The Morgan fingerprint density at radius 1 is 1.24 bits per heavy atom. The first-order chi connectivity index (χ1) is 8.13. The maximum absolute atomic E-state index is 5.59. The van der Waals surface area contributed by atoms with Gasteiger partial charge in [-0.2, -0.15) is 0 Å². The molecule has 0 amide bonds. The number of benzene rings is 1. The zero-order valence-electron chi connectivity index (χ0n) is 11.5. The van der Waals surface area contributed by atoms with E-state index in [9.17, 15) is 0 Å². The molecule has 0 aliphatic heterocycles. The van der Waals surface area contributed by atoms with Crippen molar-refractivity contribution in [2.24, 2.45) is 0 Å². The molecule has 0 spiro atoms. The summed E-state index contributed by atoms with van der Waals surface area (Å²) in [6.45, 7) is 7.56. The normalized spacial score (nSPS) is 12.5. The molecule has 0 aromatic heterocycles. The van der Waals surface area contributed by atoms with Gasteiger partial charge in [-0.25, -0.2) is 0 Å². The molecule has 0 fully saturated rings. The Bertz CT molecular complexity index is 363. The Balaban J connectivity index is 3.04. The van der Waals surface area contributed by atoms with Crippen LogP contribution in [0.15, 0.2) is 12.1 Å². The fourth-order valence-corrected chi connectivity index (χ4v) is 1.99. The minimum Gasteiger partial charge on any atom is -0.494 e. The highest BCUT2D eigenvalue weighted by Crippen LogP contribution is 2.26. The molecule has 0 saturated carbocycles. The van der Waals surface area contributed by atoms with E-state index in [1.807, 2.05) is 14.0 Å². The predicted molar refractivity (Wildman–Crippen MR) is 70.8 cm³/mol. The molecule has 1 atom stereocenters. The smallest absolute Gasteiger partial charge is 0.122 e. The molecule has 0 aliphatic rings. The van der Waals surface area contributed by atoms with Gasteiger partial charge in [0.2, 0.25) is 0 Å². The van der Waals surface area contributed by atoms with Gasteiger partial charge in [0.15, 0.2) is 0 Å². The predicted octanol–water partition coefficient (Wildman–Crippen LogP) is 2.61. The number of nitrogens with one attached hydrogen (secondary N) is 1. The molecule has 0 saturated heterocycles. The molecule has 1 aromatic rings. The molecule has 1 unspecified atom stereocenters. The summed E-state index contributed by atoms with van der Waals surface area (Å²) in [5.74, 6) is 0.973. The highest BCUT2D eigenvalue weighted by molar-refractivity contribution is 5.43. The van der Waals surface area contributed by atoms with E-state index in [1.54, 1.807) is 7.11 Å². The summed E-state index contributed by atoms with van der Waals surface area (Å²) in [4.78, 5) is 0. The molecule has 1 N–H and O–H groups in total. The first-order valence-electron chi connectivity index (χ1n) is 6.04. The van der Waals surface area contributed by atoms with Crippen molar-refractivity contribution >= 4 is 0 Å². The summed E-state index contributed by atoms with van der Waals surface area (Å²) in [6, 6.07) is 4.52. The maximum Gasteiger partial charge on any atom is 0.122 e. The Labute approximate surface area is 104 Å². The van der Waals surface area contributed by atoms with Crippen LogP contribution >= 0.6 is 0 Å². The van der Waals surface area contributed by atoms with Crippen LogP contribution in [-0.4, -0.2) is 27.4 Å². The van der Waals surface area contributed by atoms with Crippen LogP contribution in [0.4, 0.5) is 0 Å². The summed E-state index contributed by atoms with van der Waals surface area (Å²) >= 11 is 0. The molecule has 0 radical (unpaired) electrons. The maximum atomic E-state index is 5.59. The monoisotopic (exact) mass is 237 g/mol. The molecule has 0 aliphatic carbocycles. The number of hydrogen-bond donors (Lipinski definition) is 1. The van der Waals surface area contributed by atoms with Crippen molar-refractivity contribution in [2.45, 2.75) is 26.8 Å². The average molecular weight is 237 g/mol. The minimum absolute atomic E-state index is 0.231. The van der Waals surface area contributed by atoms with E-state index >= 15 is 0 Å². The van der Waals surface area contributed by atoms with Crippen LogP contribution in [0.1, 0.15) is 29.7 Å². The van der Waals surface area contributed by atoms with Crippen molar-refractivity contribution in [3.8, 4) is 5.75 Å². The van der Waals surface area contributed by atoms with Gasteiger partial charge in [-0.05, 0) is 50.6 Å². The molecule has 96 valence electrons. The van der Waals surface area contributed by atoms with E-state index in [0.29, 0.717) is 13.2 Å². The van der Waals surface area contributed by atoms with E-state index in [-0.39, 0.29) is 6.04 Å². The standard InChI is InChI=1S/C14H23NO2/c1-6-17-14-8-10(2)12(7-11(14)3)13(15-4)9-16-5/h7-8,13,15H,6,9H2,1-5H3. The van der Waals surface area contributed by atoms with Crippen LogP contribution in [0.3, 0.4) is 0 Å². The molecule has 0 heterocycles. The van der Waals surface area contributed by atoms with Crippen molar-refractivity contribution in [2.75, 3.05) is 27.4 Å². The second kappa shape index (κ2) is 6.62. The second-order valence-electron chi connectivity index (χ2n) is 4.20. The van der Waals surface area contributed by atoms with E-state index in [1.165, 1.54) is 16.7 Å². The number of aryl methyl sites for hydroxylation is 2. The Morgan fingerprint density at radius 2 is 1.94 bits per heavy atom. The minimum atomic E-state index is 0.231. The van der Waals surface area contributed by atoms with Crippen LogP contribution in [0.2, 0.25) is 0 Å². The van der Waals surface area contributed by atoms with Crippen molar-refractivity contribution in [1.29, 1.82) is 0 Å². The molecule has 3 heteroatoms. The number of likely N-dealkylation sites (N-methyl/N-ethyl adjacent to an activating group) is 1. The highest BCUT2D eigenvalue weighted by atomic mass is 16.5. The molecular formula is C14H23NO2. The second-order valence-corrected chi connectivity index (χ2v) is 4.20. The van der Waals surface area contributed by atoms with Crippen LogP contribution in [0.25, 0.3) is 0 Å². The lowest BCUT2D eigenvalue weighted by Gasteiger charge is -2.20. The van der Waals surface area contributed by atoms with Gasteiger partial charge < -0.3 is 14.8 Å². The van der Waals surface area contributed by atoms with E-state index in [0.717, 1.165) is 5.75 Å². The zero-order chi connectivity index (χ0) is 12.8. The zero-order valence-corrected chi connectivity index (χ0v) is 11.5. The molecular weight excluding hydrogens is 214 g/mol. The van der Waals surface area contributed by atoms with Crippen LogP contribution in [0, 0.1) is 13.8 Å². The van der Waals surface area contributed by atoms with E-state index < -0.39 is 0 Å². The van der Waals surface area contributed by atoms with Gasteiger partial charge in [0.25, 0.3) is 0 Å². The molecule has 3 nitrogen and oxygen atoms in total. The topological polar surface area (TPSA) is 30.5 Å². The average Bonchev–Trinajstić information content (AvgIpc) is 2.31. The third-order valence-electron chi connectivity index (χ3n) is 2.92. The lowest BCUT2D eigenvalue weighted by Crippen LogP contribution is -2.22. The molecule has 17 heavy (non-hydrogen) atoms. The molecule has 1 aromatic carbocycles. The van der Waals surface area contributed by atoms with Gasteiger partial charge >= 0.3 is 0 Å². The van der Waals surface area contributed by atoms with Crippen LogP contribution in [-0.2, 0) is 4.74 Å². The van der Waals surface area contributed by atoms with Crippen molar-refractivity contribution < 1.29 is 9.47 Å². The van der Waals surface area contributed by atoms with Gasteiger partial charge in [-0.1, -0.05) is 6.07 Å². The summed E-state index contributed by atoms with van der Waals surface area (Å²) in [7, 11) is 3.68. The molecule has 1 rings (SSSR count). The van der Waals surface area contributed by atoms with Gasteiger partial charge in [0, 0.05) is 7.11 Å². The first kappa shape index (κ1) is 14.0.